The Hall–Kier alpha value is -1.97. The molecule has 0 aromatic carbocycles. The molecule has 1 unspecified atom stereocenters. The van der Waals surface area contributed by atoms with Gasteiger partial charge in [-0.3, -0.25) is 9.69 Å². The number of carbonyl (C=O) groups excluding carboxylic acids is 3. The molecular weight excluding hydrogens is 370 g/mol. The summed E-state index contributed by atoms with van der Waals surface area (Å²) in [6, 6.07) is 0. The molecule has 0 bridgehead atoms. The molecule has 1 N–H and O–H groups in total. The van der Waals surface area contributed by atoms with Gasteiger partial charge in [-0.2, -0.15) is 0 Å². The number of hydrogen-bond donors (Lipinski definition) is 1. The summed E-state index contributed by atoms with van der Waals surface area (Å²) in [5.41, 5.74) is -1.36. The van der Waals surface area contributed by atoms with Gasteiger partial charge < -0.3 is 24.1 Å². The van der Waals surface area contributed by atoms with E-state index in [9.17, 15) is 19.5 Å². The summed E-state index contributed by atoms with van der Waals surface area (Å²) < 4.78 is 20.1. The first kappa shape index (κ1) is 24.1. The molecule has 28 heavy (non-hydrogen) atoms. The molecule has 0 aromatic rings. The standard InChI is InChI=1S/C19H31NO8/c1-3-26-16(22)6-7-17(23)28-15-19(2,14-21)18(24)27-11-5-4-8-20-9-12-25-13-10-20/h6-7,21H,3-5,8-15H2,1-2H3/b7-6+. The molecule has 160 valence electrons. The summed E-state index contributed by atoms with van der Waals surface area (Å²) in [6.45, 7) is 6.87. The van der Waals surface area contributed by atoms with Crippen LogP contribution in [0.25, 0.3) is 0 Å². The highest BCUT2D eigenvalue weighted by molar-refractivity contribution is 5.91. The lowest BCUT2D eigenvalue weighted by Crippen LogP contribution is -2.39. The SMILES string of the molecule is CCOC(=O)/C=C/C(=O)OCC(C)(CO)C(=O)OCCCCN1CCOCC1. The molecule has 1 aliphatic rings. The fourth-order valence-corrected chi connectivity index (χ4v) is 2.38. The second kappa shape index (κ2) is 13.2. The van der Waals surface area contributed by atoms with Gasteiger partial charge in [0.05, 0.1) is 33.0 Å². The number of hydrogen-bond acceptors (Lipinski definition) is 9. The first-order valence-electron chi connectivity index (χ1n) is 9.51. The fraction of sp³-hybridized carbons (Fsp3) is 0.737. The lowest BCUT2D eigenvalue weighted by molar-refractivity contribution is -0.164. The Labute approximate surface area is 165 Å². The molecule has 1 heterocycles. The van der Waals surface area contributed by atoms with Crippen LogP contribution in [0.15, 0.2) is 12.2 Å². The molecule has 1 saturated heterocycles. The highest BCUT2D eigenvalue weighted by Gasteiger charge is 2.36. The zero-order valence-electron chi connectivity index (χ0n) is 16.7. The van der Waals surface area contributed by atoms with Gasteiger partial charge in [-0.15, -0.1) is 0 Å². The Morgan fingerprint density at radius 2 is 1.71 bits per heavy atom. The lowest BCUT2D eigenvalue weighted by atomic mass is 9.93. The van der Waals surface area contributed by atoms with Crippen LogP contribution in [-0.4, -0.2) is 87.2 Å². The van der Waals surface area contributed by atoms with Gasteiger partial charge in [0.1, 0.15) is 12.0 Å². The molecule has 1 aliphatic heterocycles. The van der Waals surface area contributed by atoms with Gasteiger partial charge in [-0.25, -0.2) is 9.59 Å². The number of unbranched alkanes of at least 4 members (excludes halogenated alkanes) is 1. The molecular formula is C19H31NO8. The summed E-state index contributed by atoms with van der Waals surface area (Å²) in [5, 5.41) is 9.53. The third kappa shape index (κ3) is 9.29. The number of esters is 3. The highest BCUT2D eigenvalue weighted by atomic mass is 16.6. The predicted octanol–water partition coefficient (Wildman–Crippen LogP) is 0.303. The summed E-state index contributed by atoms with van der Waals surface area (Å²) in [4.78, 5) is 37.3. The lowest BCUT2D eigenvalue weighted by Gasteiger charge is -2.26. The first-order valence-corrected chi connectivity index (χ1v) is 9.51. The summed E-state index contributed by atoms with van der Waals surface area (Å²) >= 11 is 0. The van der Waals surface area contributed by atoms with E-state index in [0.29, 0.717) is 6.42 Å². The van der Waals surface area contributed by atoms with Crippen molar-refractivity contribution in [1.82, 2.24) is 4.90 Å². The van der Waals surface area contributed by atoms with Crippen LogP contribution in [0.2, 0.25) is 0 Å². The third-order valence-electron chi connectivity index (χ3n) is 4.22. The largest absolute Gasteiger partial charge is 0.465 e. The van der Waals surface area contributed by atoms with E-state index in [2.05, 4.69) is 9.64 Å². The monoisotopic (exact) mass is 401 g/mol. The van der Waals surface area contributed by atoms with Crippen LogP contribution in [0.3, 0.4) is 0 Å². The predicted molar refractivity (Wildman–Crippen MR) is 99.4 cm³/mol. The molecule has 9 heteroatoms. The van der Waals surface area contributed by atoms with Gasteiger partial charge in [0.2, 0.25) is 0 Å². The number of nitrogens with zero attached hydrogens (tertiary/aromatic N) is 1. The normalized spacial score (nSPS) is 17.1. The quantitative estimate of drug-likeness (QED) is 0.214. The maximum Gasteiger partial charge on any atom is 0.331 e. The van der Waals surface area contributed by atoms with Gasteiger partial charge in [0, 0.05) is 25.2 Å². The molecule has 0 amide bonds. The Balaban J connectivity index is 2.28. The van der Waals surface area contributed by atoms with Crippen molar-refractivity contribution in [3.05, 3.63) is 12.2 Å². The summed E-state index contributed by atoms with van der Waals surface area (Å²) in [5.74, 6) is -2.12. The van der Waals surface area contributed by atoms with E-state index in [-0.39, 0.29) is 19.8 Å². The minimum atomic E-state index is -1.36. The Morgan fingerprint density at radius 3 is 2.32 bits per heavy atom. The number of aliphatic hydroxyl groups is 1. The van der Waals surface area contributed by atoms with Crippen molar-refractivity contribution in [1.29, 1.82) is 0 Å². The van der Waals surface area contributed by atoms with Crippen LogP contribution < -0.4 is 0 Å². The molecule has 1 rings (SSSR count). The Morgan fingerprint density at radius 1 is 1.07 bits per heavy atom. The van der Waals surface area contributed by atoms with Gasteiger partial charge in [0.15, 0.2) is 0 Å². The zero-order valence-corrected chi connectivity index (χ0v) is 16.7. The van der Waals surface area contributed by atoms with E-state index in [0.717, 1.165) is 51.4 Å². The topological polar surface area (TPSA) is 112 Å². The van der Waals surface area contributed by atoms with Crippen LogP contribution in [0.1, 0.15) is 26.7 Å². The average Bonchev–Trinajstić information content (AvgIpc) is 2.71. The smallest absolute Gasteiger partial charge is 0.331 e. The third-order valence-corrected chi connectivity index (χ3v) is 4.22. The molecule has 0 spiro atoms. The van der Waals surface area contributed by atoms with Gasteiger partial charge in [0.25, 0.3) is 0 Å². The molecule has 9 nitrogen and oxygen atoms in total. The van der Waals surface area contributed by atoms with Crippen LogP contribution in [0.5, 0.6) is 0 Å². The van der Waals surface area contributed by atoms with E-state index in [1.54, 1.807) is 6.92 Å². The molecule has 0 radical (unpaired) electrons. The van der Waals surface area contributed by atoms with E-state index in [4.69, 9.17) is 14.2 Å². The molecule has 0 aliphatic carbocycles. The van der Waals surface area contributed by atoms with E-state index < -0.39 is 29.9 Å². The van der Waals surface area contributed by atoms with Crippen LogP contribution in [0.4, 0.5) is 0 Å². The van der Waals surface area contributed by atoms with Crippen LogP contribution in [-0.2, 0) is 33.3 Å². The van der Waals surface area contributed by atoms with E-state index >= 15 is 0 Å². The number of morpholine rings is 1. The number of ether oxygens (including phenoxy) is 4. The fourth-order valence-electron chi connectivity index (χ4n) is 2.38. The maximum atomic E-state index is 12.2. The van der Waals surface area contributed by atoms with Crippen molar-refractivity contribution in [2.45, 2.75) is 26.7 Å². The van der Waals surface area contributed by atoms with Crippen molar-refractivity contribution >= 4 is 17.9 Å². The average molecular weight is 401 g/mol. The first-order chi connectivity index (χ1) is 13.4. The molecule has 0 saturated carbocycles. The molecule has 1 atom stereocenters. The molecule has 0 aromatic heterocycles. The Kier molecular flexibility index (Phi) is 11.4. The van der Waals surface area contributed by atoms with Crippen molar-refractivity contribution < 1.29 is 38.4 Å². The molecule has 1 fully saturated rings. The Bertz CT molecular complexity index is 530. The number of rotatable bonds is 12. The van der Waals surface area contributed by atoms with Gasteiger partial charge in [-0.05, 0) is 33.2 Å². The number of carbonyl (C=O) groups is 3. The van der Waals surface area contributed by atoms with E-state index in [1.807, 2.05) is 0 Å². The zero-order chi connectivity index (χ0) is 20.8. The minimum Gasteiger partial charge on any atom is -0.465 e. The number of aliphatic hydroxyl groups excluding tert-OH is 1. The maximum absolute atomic E-state index is 12.2. The summed E-state index contributed by atoms with van der Waals surface area (Å²) in [6.07, 6.45) is 3.44. The second-order valence-corrected chi connectivity index (χ2v) is 6.71. The van der Waals surface area contributed by atoms with Crippen molar-refractivity contribution in [3.63, 3.8) is 0 Å². The van der Waals surface area contributed by atoms with Crippen LogP contribution in [0, 0.1) is 5.41 Å². The van der Waals surface area contributed by atoms with E-state index in [1.165, 1.54) is 6.92 Å². The van der Waals surface area contributed by atoms with Crippen molar-refractivity contribution in [3.8, 4) is 0 Å². The van der Waals surface area contributed by atoms with Crippen molar-refractivity contribution in [2.24, 2.45) is 5.41 Å². The van der Waals surface area contributed by atoms with Gasteiger partial charge >= 0.3 is 17.9 Å². The minimum absolute atomic E-state index is 0.194. The highest BCUT2D eigenvalue weighted by Crippen LogP contribution is 2.19. The van der Waals surface area contributed by atoms with Gasteiger partial charge in [-0.1, -0.05) is 0 Å². The van der Waals surface area contributed by atoms with Crippen LogP contribution >= 0.6 is 0 Å². The second-order valence-electron chi connectivity index (χ2n) is 6.71. The van der Waals surface area contributed by atoms with Crippen molar-refractivity contribution in [2.75, 3.05) is 59.3 Å². The summed E-state index contributed by atoms with van der Waals surface area (Å²) in [7, 11) is 0.